The van der Waals surface area contributed by atoms with Crippen LogP contribution in [0, 0.1) is 20.8 Å². The van der Waals surface area contributed by atoms with Crippen molar-refractivity contribution < 1.29 is 9.90 Å². The summed E-state index contributed by atoms with van der Waals surface area (Å²) in [6.07, 6.45) is 0.699. The molecule has 3 heteroatoms. The van der Waals surface area contributed by atoms with Crippen molar-refractivity contribution >= 4 is 16.9 Å². The summed E-state index contributed by atoms with van der Waals surface area (Å²) in [5.74, 6) is -0.766. The van der Waals surface area contributed by atoms with Gasteiger partial charge in [-0.1, -0.05) is 11.6 Å². The number of hydrogen-bond donors (Lipinski definition) is 1. The number of carboxylic acids is 1. The van der Waals surface area contributed by atoms with Gasteiger partial charge in [-0.05, 0) is 50.5 Å². The molecule has 0 radical (unpaired) electrons. The molecule has 18 heavy (non-hydrogen) atoms. The second-order valence-electron chi connectivity index (χ2n) is 4.72. The Morgan fingerprint density at radius 1 is 1.28 bits per heavy atom. The number of pyridine rings is 1. The fourth-order valence-corrected chi connectivity index (χ4v) is 2.33. The molecule has 0 aliphatic heterocycles. The first-order valence-corrected chi connectivity index (χ1v) is 6.07. The molecule has 1 heterocycles. The van der Waals surface area contributed by atoms with Crippen LogP contribution in [-0.2, 0) is 11.2 Å². The molecule has 1 aromatic carbocycles. The molecule has 0 amide bonds. The van der Waals surface area contributed by atoms with E-state index in [-0.39, 0.29) is 6.42 Å². The van der Waals surface area contributed by atoms with Crippen LogP contribution in [0.3, 0.4) is 0 Å². The van der Waals surface area contributed by atoms with E-state index in [0.717, 1.165) is 27.7 Å². The van der Waals surface area contributed by atoms with Gasteiger partial charge in [0.1, 0.15) is 0 Å². The van der Waals surface area contributed by atoms with E-state index < -0.39 is 5.97 Å². The SMILES string of the molecule is Cc1ccc2nc(C)c(CCC(=O)O)c(C)c2c1. The lowest BCUT2D eigenvalue weighted by molar-refractivity contribution is -0.136. The normalized spacial score (nSPS) is 10.8. The van der Waals surface area contributed by atoms with E-state index >= 15 is 0 Å². The maximum absolute atomic E-state index is 10.7. The summed E-state index contributed by atoms with van der Waals surface area (Å²) in [5, 5.41) is 9.92. The predicted octanol–water partition coefficient (Wildman–Crippen LogP) is 3.18. The topological polar surface area (TPSA) is 50.2 Å². The lowest BCUT2D eigenvalue weighted by Crippen LogP contribution is -2.03. The summed E-state index contributed by atoms with van der Waals surface area (Å²) >= 11 is 0. The van der Waals surface area contributed by atoms with E-state index in [1.807, 2.05) is 26.0 Å². The number of rotatable bonds is 3. The molecule has 1 aromatic heterocycles. The standard InChI is InChI=1S/C15H17NO2/c1-9-4-6-14-13(8-9)10(2)12(11(3)16-14)5-7-15(17)18/h4,6,8H,5,7H2,1-3H3,(H,17,18). The number of hydrogen-bond acceptors (Lipinski definition) is 2. The smallest absolute Gasteiger partial charge is 0.303 e. The first-order chi connectivity index (χ1) is 8.49. The van der Waals surface area contributed by atoms with Crippen LogP contribution in [0.15, 0.2) is 18.2 Å². The minimum atomic E-state index is -0.766. The third-order valence-corrected chi connectivity index (χ3v) is 3.32. The fraction of sp³-hybridized carbons (Fsp3) is 0.333. The highest BCUT2D eigenvalue weighted by atomic mass is 16.4. The number of aryl methyl sites for hydroxylation is 3. The Kier molecular flexibility index (Phi) is 3.32. The summed E-state index contributed by atoms with van der Waals surface area (Å²) < 4.78 is 0. The average Bonchev–Trinajstić information content (AvgIpc) is 2.30. The zero-order chi connectivity index (χ0) is 13.3. The summed E-state index contributed by atoms with van der Waals surface area (Å²) in [6, 6.07) is 6.18. The van der Waals surface area contributed by atoms with Crippen LogP contribution in [0.1, 0.15) is 28.8 Å². The molecule has 0 unspecified atom stereocenters. The maximum Gasteiger partial charge on any atom is 0.303 e. The monoisotopic (exact) mass is 243 g/mol. The van der Waals surface area contributed by atoms with Gasteiger partial charge in [0.25, 0.3) is 0 Å². The summed E-state index contributed by atoms with van der Waals surface area (Å²) in [7, 11) is 0. The molecule has 2 rings (SSSR count). The van der Waals surface area contributed by atoms with E-state index in [0.29, 0.717) is 6.42 Å². The van der Waals surface area contributed by atoms with Crippen molar-refractivity contribution in [1.82, 2.24) is 4.98 Å². The molecule has 94 valence electrons. The molecule has 0 spiro atoms. The van der Waals surface area contributed by atoms with Crippen molar-refractivity contribution in [2.24, 2.45) is 0 Å². The first kappa shape index (κ1) is 12.6. The van der Waals surface area contributed by atoms with Gasteiger partial charge >= 0.3 is 5.97 Å². The average molecular weight is 243 g/mol. The van der Waals surface area contributed by atoms with Gasteiger partial charge in [0.15, 0.2) is 0 Å². The van der Waals surface area contributed by atoms with Crippen LogP contribution in [0.2, 0.25) is 0 Å². The number of aliphatic carboxylic acids is 1. The van der Waals surface area contributed by atoms with Crippen LogP contribution in [-0.4, -0.2) is 16.1 Å². The second kappa shape index (κ2) is 4.77. The van der Waals surface area contributed by atoms with Crippen molar-refractivity contribution in [1.29, 1.82) is 0 Å². The van der Waals surface area contributed by atoms with Gasteiger partial charge in [-0.15, -0.1) is 0 Å². The van der Waals surface area contributed by atoms with Crippen LogP contribution in [0.5, 0.6) is 0 Å². The number of carboxylic acid groups (broad SMARTS) is 1. The van der Waals surface area contributed by atoms with E-state index in [4.69, 9.17) is 5.11 Å². The quantitative estimate of drug-likeness (QED) is 0.900. The van der Waals surface area contributed by atoms with Crippen molar-refractivity contribution in [2.45, 2.75) is 33.6 Å². The number of aromatic nitrogens is 1. The van der Waals surface area contributed by atoms with Crippen molar-refractivity contribution in [3.8, 4) is 0 Å². The molecule has 1 N–H and O–H groups in total. The van der Waals surface area contributed by atoms with E-state index in [1.165, 1.54) is 5.56 Å². The lowest BCUT2D eigenvalue weighted by atomic mass is 9.97. The van der Waals surface area contributed by atoms with Gasteiger partial charge in [0.2, 0.25) is 0 Å². The van der Waals surface area contributed by atoms with E-state index in [9.17, 15) is 4.79 Å². The Labute approximate surface area is 106 Å². The van der Waals surface area contributed by atoms with Crippen molar-refractivity contribution in [3.05, 3.63) is 40.6 Å². The Morgan fingerprint density at radius 3 is 2.67 bits per heavy atom. The van der Waals surface area contributed by atoms with Crippen LogP contribution in [0.25, 0.3) is 10.9 Å². The van der Waals surface area contributed by atoms with Crippen molar-refractivity contribution in [2.75, 3.05) is 0 Å². The molecular weight excluding hydrogens is 226 g/mol. The summed E-state index contributed by atoms with van der Waals surface area (Å²) in [4.78, 5) is 15.3. The van der Waals surface area contributed by atoms with Gasteiger partial charge in [-0.2, -0.15) is 0 Å². The Morgan fingerprint density at radius 2 is 2.00 bits per heavy atom. The number of fused-ring (bicyclic) bond motifs is 1. The zero-order valence-electron chi connectivity index (χ0n) is 10.9. The molecule has 0 fully saturated rings. The molecule has 0 atom stereocenters. The molecule has 3 nitrogen and oxygen atoms in total. The Bertz CT molecular complexity index is 617. The first-order valence-electron chi connectivity index (χ1n) is 6.07. The summed E-state index contributed by atoms with van der Waals surface area (Å²) in [5.41, 5.74) is 5.33. The van der Waals surface area contributed by atoms with Gasteiger partial charge < -0.3 is 5.11 Å². The molecule has 2 aromatic rings. The van der Waals surface area contributed by atoms with Gasteiger partial charge in [-0.3, -0.25) is 9.78 Å². The molecule has 0 aliphatic carbocycles. The molecule has 0 saturated carbocycles. The van der Waals surface area contributed by atoms with Crippen LogP contribution >= 0.6 is 0 Å². The highest BCUT2D eigenvalue weighted by Crippen LogP contribution is 2.24. The highest BCUT2D eigenvalue weighted by Gasteiger charge is 2.10. The van der Waals surface area contributed by atoms with Gasteiger partial charge in [-0.25, -0.2) is 0 Å². The van der Waals surface area contributed by atoms with Crippen molar-refractivity contribution in [3.63, 3.8) is 0 Å². The third-order valence-electron chi connectivity index (χ3n) is 3.32. The molecule has 0 bridgehead atoms. The van der Waals surface area contributed by atoms with Crippen LogP contribution in [0.4, 0.5) is 0 Å². The van der Waals surface area contributed by atoms with E-state index in [2.05, 4.69) is 18.0 Å². The summed E-state index contributed by atoms with van der Waals surface area (Å²) in [6.45, 7) is 6.05. The van der Waals surface area contributed by atoms with Crippen LogP contribution < -0.4 is 0 Å². The number of carbonyl (C=O) groups is 1. The lowest BCUT2D eigenvalue weighted by Gasteiger charge is -2.12. The largest absolute Gasteiger partial charge is 0.481 e. The molecule has 0 aliphatic rings. The third kappa shape index (κ3) is 2.35. The predicted molar refractivity (Wildman–Crippen MR) is 71.9 cm³/mol. The second-order valence-corrected chi connectivity index (χ2v) is 4.72. The van der Waals surface area contributed by atoms with Gasteiger partial charge in [0.05, 0.1) is 5.52 Å². The van der Waals surface area contributed by atoms with E-state index in [1.54, 1.807) is 0 Å². The minimum absolute atomic E-state index is 0.153. The molecule has 0 saturated heterocycles. The minimum Gasteiger partial charge on any atom is -0.481 e. The maximum atomic E-state index is 10.7. The fourth-order valence-electron chi connectivity index (χ4n) is 2.33. The zero-order valence-corrected chi connectivity index (χ0v) is 10.9. The van der Waals surface area contributed by atoms with Gasteiger partial charge in [0, 0.05) is 17.5 Å². The molecular formula is C15H17NO2. The Balaban J connectivity index is 2.56. The number of benzene rings is 1. The Hall–Kier alpha value is -1.90. The number of nitrogens with zero attached hydrogens (tertiary/aromatic N) is 1. The highest BCUT2D eigenvalue weighted by molar-refractivity contribution is 5.84.